The molecule has 3 heteroatoms. The molecule has 52 valence electrons. The summed E-state index contributed by atoms with van der Waals surface area (Å²) >= 11 is 0. The van der Waals surface area contributed by atoms with Crippen LogP contribution < -0.4 is 0 Å². The van der Waals surface area contributed by atoms with Crippen LogP contribution in [0.4, 0.5) is 0 Å². The molecule has 0 aromatic rings. The quantitative estimate of drug-likeness (QED) is 0.521. The van der Waals surface area contributed by atoms with Crippen LogP contribution in [-0.4, -0.2) is 11.6 Å². The van der Waals surface area contributed by atoms with E-state index >= 15 is 0 Å². The molecule has 0 saturated heterocycles. The Labute approximate surface area is 77.8 Å². The first-order valence-electron chi connectivity index (χ1n) is 3.49. The van der Waals surface area contributed by atoms with Gasteiger partial charge in [0.25, 0.3) is 6.47 Å². The average Bonchev–Trinajstić information content (AvgIpc) is 2.09. The van der Waals surface area contributed by atoms with Crippen LogP contribution in [0.15, 0.2) is 0 Å². The summed E-state index contributed by atoms with van der Waals surface area (Å²) in [5, 5.41) is 6.89. The van der Waals surface area contributed by atoms with Gasteiger partial charge in [0.2, 0.25) is 0 Å². The van der Waals surface area contributed by atoms with Crippen molar-refractivity contribution in [2.24, 2.45) is 35.5 Å². The van der Waals surface area contributed by atoms with E-state index in [0.717, 1.165) is 0 Å². The van der Waals surface area contributed by atoms with Gasteiger partial charge < -0.3 is 5.11 Å². The predicted molar refractivity (Wildman–Crippen MR) is 29.6 cm³/mol. The summed E-state index contributed by atoms with van der Waals surface area (Å²) in [6, 6.07) is 0. The second kappa shape index (κ2) is 1.74. The number of rotatable bonds is 0. The van der Waals surface area contributed by atoms with Crippen LogP contribution in [0.3, 0.4) is 0 Å². The van der Waals surface area contributed by atoms with E-state index in [1.807, 2.05) is 0 Å². The molecule has 10 heavy (non-hydrogen) atoms. The Kier molecular flexibility index (Phi) is 1.22. The molecule has 0 amide bonds. The zero-order chi connectivity index (χ0) is 6.17. The maximum Gasteiger partial charge on any atom is 0.290 e. The van der Waals surface area contributed by atoms with E-state index < -0.39 is 0 Å². The number of carboxylic acid groups (broad SMARTS) is 1. The summed E-state index contributed by atoms with van der Waals surface area (Å²) in [5.74, 6) is 8.00. The topological polar surface area (TPSA) is 37.3 Å². The number of carbonyl (C=O) groups is 1. The van der Waals surface area contributed by atoms with Crippen molar-refractivity contribution < 1.29 is 35.7 Å². The van der Waals surface area contributed by atoms with Gasteiger partial charge in [0.05, 0.1) is 0 Å². The first-order chi connectivity index (χ1) is 4.41. The van der Waals surface area contributed by atoms with Gasteiger partial charge in [-0.25, -0.2) is 0 Å². The summed E-state index contributed by atoms with van der Waals surface area (Å²) in [7, 11) is 0. The molecule has 0 bridgehead atoms. The maximum atomic E-state index is 8.36. The van der Waals surface area contributed by atoms with Crippen molar-refractivity contribution in [1.82, 2.24) is 0 Å². The van der Waals surface area contributed by atoms with Gasteiger partial charge >= 0.3 is 0 Å². The van der Waals surface area contributed by atoms with Gasteiger partial charge in [0, 0.05) is 25.8 Å². The van der Waals surface area contributed by atoms with Gasteiger partial charge in [0.15, 0.2) is 0 Å². The predicted octanol–water partition coefficient (Wildman–Crippen LogP) is 0.436. The summed E-state index contributed by atoms with van der Waals surface area (Å²) in [6.45, 7) is -0.250. The Morgan fingerprint density at radius 3 is 1.10 bits per heavy atom. The molecule has 0 unspecified atom stereocenters. The van der Waals surface area contributed by atoms with Crippen LogP contribution >= 0.6 is 0 Å². The Bertz CT molecular complexity index is 119. The first-order valence-corrected chi connectivity index (χ1v) is 3.49. The van der Waals surface area contributed by atoms with Gasteiger partial charge in [0.1, 0.15) is 0 Å². The Hall–Kier alpha value is 0.340. The van der Waals surface area contributed by atoms with Gasteiger partial charge in [-0.05, 0) is 35.5 Å². The van der Waals surface area contributed by atoms with Crippen LogP contribution in [0.5, 0.6) is 0 Å². The fraction of sp³-hybridized carbons (Fsp3) is 0.857. The van der Waals surface area contributed by atoms with Crippen LogP contribution in [0.25, 0.3) is 0 Å². The molecule has 2 nitrogen and oxygen atoms in total. The fourth-order valence-corrected chi connectivity index (χ4v) is 3.41. The second-order valence-electron chi connectivity index (χ2n) is 3.57. The van der Waals surface area contributed by atoms with Crippen molar-refractivity contribution in [3.63, 3.8) is 0 Å². The molecule has 0 aromatic heterocycles. The summed E-state index contributed by atoms with van der Waals surface area (Å²) in [6.07, 6.45) is 0. The van der Waals surface area contributed by atoms with Crippen LogP contribution in [-0.2, 0) is 30.6 Å². The van der Waals surface area contributed by atoms with Crippen molar-refractivity contribution in [2.45, 2.75) is 0 Å². The van der Waals surface area contributed by atoms with E-state index in [0.29, 0.717) is 0 Å². The van der Waals surface area contributed by atoms with Crippen molar-refractivity contribution in [3.8, 4) is 0 Å². The zero-order valence-electron chi connectivity index (χ0n) is 5.40. The normalized spacial score (nSPS) is 66.0. The first kappa shape index (κ1) is 7.01. The molecule has 0 heterocycles. The Morgan fingerprint density at radius 2 is 1.00 bits per heavy atom. The molecule has 0 radical (unpaired) electrons. The molecule has 1 N–H and O–H groups in total. The third-order valence-corrected chi connectivity index (χ3v) is 3.72. The van der Waals surface area contributed by atoms with Crippen molar-refractivity contribution in [2.75, 3.05) is 0 Å². The molecule has 5 fully saturated rings. The van der Waals surface area contributed by atoms with E-state index in [1.54, 1.807) is 0 Å². The minimum Gasteiger partial charge on any atom is -0.483 e. The number of hydrogen-bond acceptors (Lipinski definition) is 1. The molecular formula is C7H8HfO2. The molecule has 0 aromatic carbocycles. The largest absolute Gasteiger partial charge is 0.483 e. The van der Waals surface area contributed by atoms with Crippen molar-refractivity contribution in [3.05, 3.63) is 0 Å². The maximum absolute atomic E-state index is 8.36. The molecule has 0 atom stereocenters. The minimum absolute atomic E-state index is 0. The third-order valence-electron chi connectivity index (χ3n) is 3.72. The van der Waals surface area contributed by atoms with E-state index in [9.17, 15) is 0 Å². The molecule has 0 spiro atoms. The molecule has 5 rings (SSSR count). The smallest absolute Gasteiger partial charge is 0.290 e. The fourth-order valence-electron chi connectivity index (χ4n) is 3.41. The van der Waals surface area contributed by atoms with E-state index in [2.05, 4.69) is 0 Å². The van der Waals surface area contributed by atoms with E-state index in [1.165, 1.54) is 35.5 Å². The monoisotopic (exact) mass is 304 g/mol. The van der Waals surface area contributed by atoms with E-state index in [-0.39, 0.29) is 32.3 Å². The van der Waals surface area contributed by atoms with Gasteiger partial charge in [-0.2, -0.15) is 0 Å². The SMILES string of the molecule is C12C3C1C1C2C31.O=CO.[Hf]. The van der Waals surface area contributed by atoms with Gasteiger partial charge in [-0.15, -0.1) is 0 Å². The molecular weight excluding hydrogens is 295 g/mol. The number of hydrogen-bond donors (Lipinski definition) is 1. The summed E-state index contributed by atoms with van der Waals surface area (Å²) in [4.78, 5) is 8.36. The Morgan fingerprint density at radius 1 is 0.900 bits per heavy atom. The average molecular weight is 303 g/mol. The van der Waals surface area contributed by atoms with Crippen molar-refractivity contribution >= 4 is 6.47 Å². The van der Waals surface area contributed by atoms with Crippen LogP contribution in [0, 0.1) is 35.5 Å². The molecule has 5 aliphatic rings. The zero-order valence-corrected chi connectivity index (χ0v) is 8.99. The van der Waals surface area contributed by atoms with Crippen LogP contribution in [0.1, 0.15) is 0 Å². The molecule has 0 aliphatic heterocycles. The second-order valence-corrected chi connectivity index (χ2v) is 3.57. The van der Waals surface area contributed by atoms with Gasteiger partial charge in [-0.3, -0.25) is 4.79 Å². The minimum atomic E-state index is -0.250. The summed E-state index contributed by atoms with van der Waals surface area (Å²) in [5.41, 5.74) is 0. The molecule has 5 aliphatic carbocycles. The standard InChI is InChI=1S/C6H6.CH2O2.Hf/c1-2-3(1)6-4(1)5(2)6;2-1-3;/h1-6H;1H,(H,2,3);. The van der Waals surface area contributed by atoms with Crippen LogP contribution in [0.2, 0.25) is 0 Å². The van der Waals surface area contributed by atoms with Crippen molar-refractivity contribution in [1.29, 1.82) is 0 Å². The molecule has 5 saturated carbocycles. The summed E-state index contributed by atoms with van der Waals surface area (Å²) < 4.78 is 0. The van der Waals surface area contributed by atoms with E-state index in [4.69, 9.17) is 9.90 Å². The Balaban J connectivity index is 0.0000000930. The third kappa shape index (κ3) is 0.430. The van der Waals surface area contributed by atoms with Gasteiger partial charge in [-0.1, -0.05) is 0 Å².